The SMILES string of the molecule is Cc1cc(C(=O)O)nc(NCC(C)(C)CCO)n1. The van der Waals surface area contributed by atoms with Crippen LogP contribution in [0, 0.1) is 12.3 Å². The number of aromatic carboxylic acids is 1. The fourth-order valence-corrected chi connectivity index (χ4v) is 1.47. The highest BCUT2D eigenvalue weighted by atomic mass is 16.4. The largest absolute Gasteiger partial charge is 0.477 e. The summed E-state index contributed by atoms with van der Waals surface area (Å²) in [5, 5.41) is 20.8. The van der Waals surface area contributed by atoms with Crippen LogP contribution in [0.4, 0.5) is 5.95 Å². The third-order valence-electron chi connectivity index (χ3n) is 2.59. The number of carboxylic acids is 1. The number of anilines is 1. The van der Waals surface area contributed by atoms with Crippen LogP contribution >= 0.6 is 0 Å². The molecular formula is C12H19N3O3. The fourth-order valence-electron chi connectivity index (χ4n) is 1.47. The highest BCUT2D eigenvalue weighted by molar-refractivity contribution is 5.85. The fraction of sp³-hybridized carbons (Fsp3) is 0.583. The van der Waals surface area contributed by atoms with Crippen molar-refractivity contribution in [2.75, 3.05) is 18.5 Å². The van der Waals surface area contributed by atoms with Crippen LogP contribution in [0.2, 0.25) is 0 Å². The summed E-state index contributed by atoms with van der Waals surface area (Å²) < 4.78 is 0. The van der Waals surface area contributed by atoms with Gasteiger partial charge in [-0.2, -0.15) is 0 Å². The van der Waals surface area contributed by atoms with E-state index in [2.05, 4.69) is 15.3 Å². The minimum Gasteiger partial charge on any atom is -0.477 e. The van der Waals surface area contributed by atoms with Crippen molar-refractivity contribution in [1.29, 1.82) is 0 Å². The molecule has 0 amide bonds. The third kappa shape index (κ3) is 4.29. The normalized spacial score (nSPS) is 11.3. The van der Waals surface area contributed by atoms with Crippen molar-refractivity contribution in [3.05, 3.63) is 17.5 Å². The minimum absolute atomic E-state index is 0.0232. The minimum atomic E-state index is -1.07. The number of nitrogens with zero attached hydrogens (tertiary/aromatic N) is 2. The van der Waals surface area contributed by atoms with Gasteiger partial charge in [0.15, 0.2) is 5.69 Å². The standard InChI is InChI=1S/C12H19N3O3/c1-8-6-9(10(17)18)15-11(14-8)13-7-12(2,3)4-5-16/h6,16H,4-5,7H2,1-3H3,(H,17,18)(H,13,14,15). The zero-order valence-electron chi connectivity index (χ0n) is 10.9. The summed E-state index contributed by atoms with van der Waals surface area (Å²) in [6.45, 7) is 6.41. The Kier molecular flexibility index (Phi) is 4.61. The summed E-state index contributed by atoms with van der Waals surface area (Å²) in [6, 6.07) is 1.42. The van der Waals surface area contributed by atoms with E-state index in [4.69, 9.17) is 10.2 Å². The first kappa shape index (κ1) is 14.4. The van der Waals surface area contributed by atoms with Crippen LogP contribution < -0.4 is 5.32 Å². The maximum atomic E-state index is 10.9. The molecule has 0 spiro atoms. The molecule has 1 aromatic rings. The first-order valence-corrected chi connectivity index (χ1v) is 5.78. The van der Waals surface area contributed by atoms with E-state index < -0.39 is 5.97 Å². The van der Waals surface area contributed by atoms with E-state index >= 15 is 0 Å². The average Bonchev–Trinajstić information content (AvgIpc) is 2.26. The number of aliphatic hydroxyl groups is 1. The molecule has 0 saturated carbocycles. The van der Waals surface area contributed by atoms with Gasteiger partial charge in [0.05, 0.1) is 0 Å². The number of carboxylic acid groups (broad SMARTS) is 1. The van der Waals surface area contributed by atoms with E-state index in [1.54, 1.807) is 6.92 Å². The van der Waals surface area contributed by atoms with Gasteiger partial charge in [0.1, 0.15) is 0 Å². The van der Waals surface area contributed by atoms with Crippen LogP contribution in [0.1, 0.15) is 36.5 Å². The molecule has 0 aliphatic heterocycles. The lowest BCUT2D eigenvalue weighted by Gasteiger charge is -2.23. The van der Waals surface area contributed by atoms with Crippen molar-refractivity contribution in [1.82, 2.24) is 9.97 Å². The Morgan fingerprint density at radius 2 is 2.11 bits per heavy atom. The van der Waals surface area contributed by atoms with Crippen LogP contribution in [0.3, 0.4) is 0 Å². The molecule has 6 nitrogen and oxygen atoms in total. The molecule has 0 radical (unpaired) electrons. The maximum Gasteiger partial charge on any atom is 0.354 e. The molecule has 0 atom stereocenters. The third-order valence-corrected chi connectivity index (χ3v) is 2.59. The molecule has 0 saturated heterocycles. The Morgan fingerprint density at radius 1 is 1.44 bits per heavy atom. The molecule has 1 rings (SSSR count). The number of aryl methyl sites for hydroxylation is 1. The van der Waals surface area contributed by atoms with E-state index in [1.165, 1.54) is 6.07 Å². The monoisotopic (exact) mass is 253 g/mol. The number of hydrogen-bond acceptors (Lipinski definition) is 5. The molecule has 0 unspecified atom stereocenters. The van der Waals surface area contributed by atoms with Gasteiger partial charge in [-0.3, -0.25) is 0 Å². The molecule has 100 valence electrons. The van der Waals surface area contributed by atoms with Crippen LogP contribution in [0.5, 0.6) is 0 Å². The summed E-state index contributed by atoms with van der Waals surface area (Å²) in [5.74, 6) is -0.767. The van der Waals surface area contributed by atoms with Crippen LogP contribution in [0.15, 0.2) is 6.07 Å². The van der Waals surface area contributed by atoms with E-state index in [-0.39, 0.29) is 17.7 Å². The van der Waals surface area contributed by atoms with Crippen molar-refractivity contribution >= 4 is 11.9 Å². The highest BCUT2D eigenvalue weighted by Gasteiger charge is 2.18. The molecule has 0 aliphatic rings. The van der Waals surface area contributed by atoms with E-state index in [0.717, 1.165) is 0 Å². The van der Waals surface area contributed by atoms with Gasteiger partial charge in [-0.1, -0.05) is 13.8 Å². The summed E-state index contributed by atoms with van der Waals surface area (Å²) in [5.41, 5.74) is 0.473. The van der Waals surface area contributed by atoms with Gasteiger partial charge >= 0.3 is 5.97 Å². The molecular weight excluding hydrogens is 234 g/mol. The maximum absolute atomic E-state index is 10.9. The zero-order valence-corrected chi connectivity index (χ0v) is 10.9. The van der Waals surface area contributed by atoms with Crippen molar-refractivity contribution in [2.45, 2.75) is 27.2 Å². The molecule has 0 aromatic carbocycles. The van der Waals surface area contributed by atoms with Gasteiger partial charge in [0.25, 0.3) is 0 Å². The Morgan fingerprint density at radius 3 is 2.67 bits per heavy atom. The Hall–Kier alpha value is -1.69. The van der Waals surface area contributed by atoms with Gasteiger partial charge in [-0.15, -0.1) is 0 Å². The lowest BCUT2D eigenvalue weighted by atomic mass is 9.90. The van der Waals surface area contributed by atoms with Crippen molar-refractivity contribution in [3.8, 4) is 0 Å². The summed E-state index contributed by atoms with van der Waals surface area (Å²) in [7, 11) is 0. The molecule has 0 fully saturated rings. The van der Waals surface area contributed by atoms with Crippen LogP contribution in [0.25, 0.3) is 0 Å². The van der Waals surface area contributed by atoms with Gasteiger partial charge in [0.2, 0.25) is 5.95 Å². The average molecular weight is 253 g/mol. The molecule has 1 heterocycles. The Bertz CT molecular complexity index is 433. The lowest BCUT2D eigenvalue weighted by Crippen LogP contribution is -2.25. The van der Waals surface area contributed by atoms with Gasteiger partial charge in [-0.25, -0.2) is 14.8 Å². The lowest BCUT2D eigenvalue weighted by molar-refractivity contribution is 0.0690. The van der Waals surface area contributed by atoms with Crippen LogP contribution in [-0.2, 0) is 0 Å². The van der Waals surface area contributed by atoms with Gasteiger partial charge in [-0.05, 0) is 24.8 Å². The van der Waals surface area contributed by atoms with E-state index in [9.17, 15) is 4.79 Å². The summed E-state index contributed by atoms with van der Waals surface area (Å²) in [4.78, 5) is 18.9. The second kappa shape index (κ2) is 5.77. The molecule has 1 aromatic heterocycles. The number of carbonyl (C=O) groups is 1. The van der Waals surface area contributed by atoms with Gasteiger partial charge in [0, 0.05) is 18.8 Å². The topological polar surface area (TPSA) is 95.3 Å². The number of rotatable bonds is 6. The number of aromatic nitrogens is 2. The first-order chi connectivity index (χ1) is 8.34. The molecule has 18 heavy (non-hydrogen) atoms. The number of hydrogen-bond donors (Lipinski definition) is 3. The van der Waals surface area contributed by atoms with Crippen molar-refractivity contribution in [2.24, 2.45) is 5.41 Å². The summed E-state index contributed by atoms with van der Waals surface area (Å²) in [6.07, 6.45) is 0.650. The van der Waals surface area contributed by atoms with Crippen molar-refractivity contribution in [3.63, 3.8) is 0 Å². The molecule has 3 N–H and O–H groups in total. The van der Waals surface area contributed by atoms with Crippen LogP contribution in [-0.4, -0.2) is 39.3 Å². The van der Waals surface area contributed by atoms with E-state index in [0.29, 0.717) is 24.6 Å². The highest BCUT2D eigenvalue weighted by Crippen LogP contribution is 2.19. The molecule has 0 bridgehead atoms. The Balaban J connectivity index is 2.76. The second-order valence-corrected chi connectivity index (χ2v) is 5.01. The first-order valence-electron chi connectivity index (χ1n) is 5.78. The second-order valence-electron chi connectivity index (χ2n) is 5.01. The Labute approximate surface area is 106 Å². The number of nitrogens with one attached hydrogen (secondary N) is 1. The molecule has 0 aliphatic carbocycles. The summed E-state index contributed by atoms with van der Waals surface area (Å²) >= 11 is 0. The predicted octanol–water partition coefficient (Wildman–Crippen LogP) is 1.30. The van der Waals surface area contributed by atoms with Crippen molar-refractivity contribution < 1.29 is 15.0 Å². The quantitative estimate of drug-likeness (QED) is 0.707. The zero-order chi connectivity index (χ0) is 13.8. The number of aliphatic hydroxyl groups excluding tert-OH is 1. The van der Waals surface area contributed by atoms with Gasteiger partial charge < -0.3 is 15.5 Å². The smallest absolute Gasteiger partial charge is 0.354 e. The molecule has 6 heteroatoms. The predicted molar refractivity (Wildman–Crippen MR) is 67.7 cm³/mol. The van der Waals surface area contributed by atoms with E-state index in [1.807, 2.05) is 13.8 Å².